The second kappa shape index (κ2) is 7.11. The normalized spacial score (nSPS) is 13.8. The smallest absolute Gasteiger partial charge is 0.118 e. The molecule has 0 saturated heterocycles. The SMILES string of the molecule is COc1ccc([C@H](C)[C@@H](C)NCc2ccccc2)cc1. The predicted octanol–water partition coefficient (Wildman–Crippen LogP) is 3.98. The van der Waals surface area contributed by atoms with Crippen LogP contribution in [0.5, 0.6) is 5.75 Å². The van der Waals surface area contributed by atoms with E-state index in [1.807, 2.05) is 18.2 Å². The van der Waals surface area contributed by atoms with Crippen molar-refractivity contribution in [2.24, 2.45) is 0 Å². The molecule has 2 atom stereocenters. The molecule has 0 aliphatic rings. The van der Waals surface area contributed by atoms with Gasteiger partial charge in [0.05, 0.1) is 7.11 Å². The van der Waals surface area contributed by atoms with E-state index < -0.39 is 0 Å². The lowest BCUT2D eigenvalue weighted by Crippen LogP contribution is -2.30. The van der Waals surface area contributed by atoms with Gasteiger partial charge < -0.3 is 10.1 Å². The molecule has 0 spiro atoms. The summed E-state index contributed by atoms with van der Waals surface area (Å²) >= 11 is 0. The van der Waals surface area contributed by atoms with Crippen molar-refractivity contribution in [1.29, 1.82) is 0 Å². The van der Waals surface area contributed by atoms with Crippen molar-refractivity contribution in [2.75, 3.05) is 7.11 Å². The van der Waals surface area contributed by atoms with Gasteiger partial charge in [0.25, 0.3) is 0 Å². The molecule has 0 fully saturated rings. The number of methoxy groups -OCH3 is 1. The quantitative estimate of drug-likeness (QED) is 0.856. The molecule has 2 rings (SSSR count). The summed E-state index contributed by atoms with van der Waals surface area (Å²) < 4.78 is 5.20. The molecule has 2 aromatic rings. The van der Waals surface area contributed by atoms with Crippen LogP contribution in [-0.2, 0) is 6.54 Å². The van der Waals surface area contributed by atoms with E-state index in [0.29, 0.717) is 12.0 Å². The van der Waals surface area contributed by atoms with E-state index in [9.17, 15) is 0 Å². The summed E-state index contributed by atoms with van der Waals surface area (Å²) in [6, 6.07) is 19.3. The van der Waals surface area contributed by atoms with Gasteiger partial charge in [0, 0.05) is 12.6 Å². The molecule has 1 N–H and O–H groups in total. The first-order valence-electron chi connectivity index (χ1n) is 7.12. The molecule has 0 saturated carbocycles. The van der Waals surface area contributed by atoms with Gasteiger partial charge in [-0.15, -0.1) is 0 Å². The Morgan fingerprint density at radius 3 is 2.20 bits per heavy atom. The van der Waals surface area contributed by atoms with Gasteiger partial charge in [0.15, 0.2) is 0 Å². The fraction of sp³-hybridized carbons (Fsp3) is 0.333. The Morgan fingerprint density at radius 2 is 1.60 bits per heavy atom. The Hall–Kier alpha value is -1.80. The zero-order valence-electron chi connectivity index (χ0n) is 12.5. The van der Waals surface area contributed by atoms with Crippen molar-refractivity contribution >= 4 is 0 Å². The van der Waals surface area contributed by atoms with E-state index in [2.05, 4.69) is 55.6 Å². The molecular formula is C18H23NO. The van der Waals surface area contributed by atoms with Crippen LogP contribution in [0.25, 0.3) is 0 Å². The average Bonchev–Trinajstić information content (AvgIpc) is 2.53. The predicted molar refractivity (Wildman–Crippen MR) is 84.2 cm³/mol. The van der Waals surface area contributed by atoms with Gasteiger partial charge in [-0.1, -0.05) is 49.4 Å². The molecule has 0 radical (unpaired) electrons. The first kappa shape index (κ1) is 14.6. The highest BCUT2D eigenvalue weighted by Gasteiger charge is 2.13. The highest BCUT2D eigenvalue weighted by atomic mass is 16.5. The van der Waals surface area contributed by atoms with E-state index in [1.165, 1.54) is 11.1 Å². The molecule has 106 valence electrons. The van der Waals surface area contributed by atoms with Crippen LogP contribution in [-0.4, -0.2) is 13.2 Å². The van der Waals surface area contributed by atoms with E-state index in [-0.39, 0.29) is 0 Å². The zero-order valence-corrected chi connectivity index (χ0v) is 12.5. The second-order valence-corrected chi connectivity index (χ2v) is 5.22. The molecule has 2 nitrogen and oxygen atoms in total. The third-order valence-electron chi connectivity index (χ3n) is 3.86. The van der Waals surface area contributed by atoms with E-state index in [1.54, 1.807) is 7.11 Å². The van der Waals surface area contributed by atoms with Crippen LogP contribution in [0.3, 0.4) is 0 Å². The number of hydrogen-bond acceptors (Lipinski definition) is 2. The summed E-state index contributed by atoms with van der Waals surface area (Å²) in [6.45, 7) is 5.39. The Bertz CT molecular complexity index is 507. The largest absolute Gasteiger partial charge is 0.497 e. The molecule has 0 aromatic heterocycles. The summed E-state index contributed by atoms with van der Waals surface area (Å²) in [5, 5.41) is 3.59. The summed E-state index contributed by atoms with van der Waals surface area (Å²) in [4.78, 5) is 0. The minimum absolute atomic E-state index is 0.420. The van der Waals surface area contributed by atoms with Gasteiger partial charge >= 0.3 is 0 Å². The van der Waals surface area contributed by atoms with Gasteiger partial charge in [0.1, 0.15) is 5.75 Å². The van der Waals surface area contributed by atoms with E-state index in [4.69, 9.17) is 4.74 Å². The third-order valence-corrected chi connectivity index (χ3v) is 3.86. The van der Waals surface area contributed by atoms with Crippen LogP contribution < -0.4 is 10.1 Å². The fourth-order valence-corrected chi connectivity index (χ4v) is 2.25. The molecule has 0 aliphatic carbocycles. The number of nitrogens with one attached hydrogen (secondary N) is 1. The summed E-state index contributed by atoms with van der Waals surface area (Å²) in [5.74, 6) is 1.37. The number of rotatable bonds is 6. The topological polar surface area (TPSA) is 21.3 Å². The molecule has 20 heavy (non-hydrogen) atoms. The lowest BCUT2D eigenvalue weighted by molar-refractivity contribution is 0.414. The van der Waals surface area contributed by atoms with Gasteiger partial charge in [-0.2, -0.15) is 0 Å². The minimum atomic E-state index is 0.420. The lowest BCUT2D eigenvalue weighted by Gasteiger charge is -2.22. The highest BCUT2D eigenvalue weighted by molar-refractivity contribution is 5.29. The van der Waals surface area contributed by atoms with Gasteiger partial charge in [-0.3, -0.25) is 0 Å². The minimum Gasteiger partial charge on any atom is -0.497 e. The summed E-state index contributed by atoms with van der Waals surface area (Å²) in [6.07, 6.45) is 0. The van der Waals surface area contributed by atoms with Crippen LogP contribution in [0.4, 0.5) is 0 Å². The standard InChI is InChI=1S/C18H23NO/c1-14(17-9-11-18(20-3)12-10-17)15(2)19-13-16-7-5-4-6-8-16/h4-12,14-15,19H,13H2,1-3H3/t14-,15-/m1/s1. The Morgan fingerprint density at radius 1 is 0.950 bits per heavy atom. The Balaban J connectivity index is 1.92. The second-order valence-electron chi connectivity index (χ2n) is 5.22. The summed E-state index contributed by atoms with van der Waals surface area (Å²) in [5.41, 5.74) is 2.65. The molecular weight excluding hydrogens is 246 g/mol. The maximum atomic E-state index is 5.20. The molecule has 2 aromatic carbocycles. The Labute approximate surface area is 121 Å². The third kappa shape index (κ3) is 3.84. The molecule has 2 heteroatoms. The fourth-order valence-electron chi connectivity index (χ4n) is 2.25. The van der Waals surface area contributed by atoms with Crippen LogP contribution in [0.15, 0.2) is 54.6 Å². The molecule has 0 amide bonds. The monoisotopic (exact) mass is 269 g/mol. The average molecular weight is 269 g/mol. The lowest BCUT2D eigenvalue weighted by atomic mass is 9.94. The molecule has 0 aliphatic heterocycles. The first-order chi connectivity index (χ1) is 9.70. The van der Waals surface area contributed by atoms with Gasteiger partial charge in [-0.05, 0) is 36.1 Å². The van der Waals surface area contributed by atoms with Crippen molar-refractivity contribution in [3.8, 4) is 5.75 Å². The van der Waals surface area contributed by atoms with Crippen LogP contribution in [0, 0.1) is 0 Å². The van der Waals surface area contributed by atoms with Crippen LogP contribution in [0.1, 0.15) is 30.9 Å². The van der Waals surface area contributed by atoms with E-state index >= 15 is 0 Å². The molecule has 0 bridgehead atoms. The number of ether oxygens (including phenoxy) is 1. The summed E-state index contributed by atoms with van der Waals surface area (Å²) in [7, 11) is 1.70. The maximum Gasteiger partial charge on any atom is 0.118 e. The van der Waals surface area contributed by atoms with Crippen molar-refractivity contribution in [3.63, 3.8) is 0 Å². The first-order valence-corrected chi connectivity index (χ1v) is 7.12. The zero-order chi connectivity index (χ0) is 14.4. The molecule has 0 unspecified atom stereocenters. The van der Waals surface area contributed by atoms with Gasteiger partial charge in [-0.25, -0.2) is 0 Å². The van der Waals surface area contributed by atoms with Crippen molar-refractivity contribution in [1.82, 2.24) is 5.32 Å². The molecule has 0 heterocycles. The Kier molecular flexibility index (Phi) is 5.19. The number of hydrogen-bond donors (Lipinski definition) is 1. The van der Waals surface area contributed by atoms with Crippen LogP contribution >= 0.6 is 0 Å². The maximum absolute atomic E-state index is 5.20. The van der Waals surface area contributed by atoms with Gasteiger partial charge in [0.2, 0.25) is 0 Å². The van der Waals surface area contributed by atoms with Crippen LogP contribution in [0.2, 0.25) is 0 Å². The van der Waals surface area contributed by atoms with Crippen molar-refractivity contribution in [2.45, 2.75) is 32.4 Å². The highest BCUT2D eigenvalue weighted by Crippen LogP contribution is 2.22. The van der Waals surface area contributed by atoms with E-state index in [0.717, 1.165) is 12.3 Å². The van der Waals surface area contributed by atoms with Crippen molar-refractivity contribution < 1.29 is 4.74 Å². The number of benzene rings is 2. The van der Waals surface area contributed by atoms with Crippen molar-refractivity contribution in [3.05, 3.63) is 65.7 Å².